The zero-order valence-corrected chi connectivity index (χ0v) is 10.9. The molecule has 100 valence electrons. The van der Waals surface area contributed by atoms with Crippen molar-refractivity contribution in [1.29, 1.82) is 0 Å². The van der Waals surface area contributed by atoms with Crippen LogP contribution >= 0.6 is 0 Å². The molecule has 0 amide bonds. The fraction of sp³-hybridized carbons (Fsp3) is 0.0625. The van der Waals surface area contributed by atoms with Crippen LogP contribution in [0.15, 0.2) is 53.3 Å². The van der Waals surface area contributed by atoms with Gasteiger partial charge in [0.2, 0.25) is 0 Å². The molecule has 0 aliphatic carbocycles. The van der Waals surface area contributed by atoms with Crippen molar-refractivity contribution in [2.75, 3.05) is 7.11 Å². The van der Waals surface area contributed by atoms with Crippen LogP contribution < -0.4 is 10.2 Å². The van der Waals surface area contributed by atoms with Crippen molar-refractivity contribution in [3.05, 3.63) is 58.8 Å². The van der Waals surface area contributed by atoms with E-state index in [0.717, 1.165) is 11.1 Å². The summed E-state index contributed by atoms with van der Waals surface area (Å²) in [6, 6.07) is 13.5. The van der Waals surface area contributed by atoms with Crippen LogP contribution in [-0.2, 0) is 0 Å². The van der Waals surface area contributed by atoms with E-state index in [1.807, 2.05) is 0 Å². The number of rotatable bonds is 2. The maximum Gasteiger partial charge on any atom is 0.190 e. The summed E-state index contributed by atoms with van der Waals surface area (Å²) < 4.78 is 5.17. The van der Waals surface area contributed by atoms with E-state index >= 15 is 0 Å². The van der Waals surface area contributed by atoms with E-state index in [2.05, 4.69) is 4.98 Å². The first kappa shape index (κ1) is 12.3. The number of methoxy groups -OCH3 is 1. The van der Waals surface area contributed by atoms with Crippen LogP contribution in [-0.4, -0.2) is 17.2 Å². The second-order valence-electron chi connectivity index (χ2n) is 4.51. The fourth-order valence-corrected chi connectivity index (χ4v) is 2.16. The summed E-state index contributed by atoms with van der Waals surface area (Å²) in [6.45, 7) is 0. The van der Waals surface area contributed by atoms with E-state index in [1.165, 1.54) is 0 Å². The van der Waals surface area contributed by atoms with E-state index in [9.17, 15) is 9.90 Å². The predicted octanol–water partition coefficient (Wildman–Crippen LogP) is 2.91. The predicted molar refractivity (Wildman–Crippen MR) is 78.2 cm³/mol. The lowest BCUT2D eigenvalue weighted by Gasteiger charge is -2.06. The number of nitrogens with one attached hydrogen (secondary N) is 1. The van der Waals surface area contributed by atoms with Crippen LogP contribution in [0.2, 0.25) is 0 Å². The van der Waals surface area contributed by atoms with Crippen molar-refractivity contribution >= 4 is 10.9 Å². The standard InChI is InChI=1S/C16H13NO3/c1-20-12-6-7-13-15(8-12)17-14(9-16(13)19)10-2-4-11(18)5-3-10/h2-9,18H,1H3,(H,17,19). The first-order valence-electron chi connectivity index (χ1n) is 6.18. The summed E-state index contributed by atoms with van der Waals surface area (Å²) in [5, 5.41) is 9.93. The largest absolute Gasteiger partial charge is 0.508 e. The van der Waals surface area contributed by atoms with Gasteiger partial charge >= 0.3 is 0 Å². The Kier molecular flexibility index (Phi) is 2.91. The Hall–Kier alpha value is -2.75. The molecule has 0 bridgehead atoms. The molecule has 4 nitrogen and oxygen atoms in total. The zero-order chi connectivity index (χ0) is 14.1. The number of hydrogen-bond acceptors (Lipinski definition) is 3. The average molecular weight is 267 g/mol. The molecular formula is C16H13NO3. The number of hydrogen-bond donors (Lipinski definition) is 2. The normalized spacial score (nSPS) is 10.7. The van der Waals surface area contributed by atoms with Crippen molar-refractivity contribution in [3.8, 4) is 22.8 Å². The van der Waals surface area contributed by atoms with Crippen molar-refractivity contribution in [2.24, 2.45) is 0 Å². The first-order valence-corrected chi connectivity index (χ1v) is 6.18. The number of aromatic nitrogens is 1. The van der Waals surface area contributed by atoms with Crippen molar-refractivity contribution in [2.45, 2.75) is 0 Å². The first-order chi connectivity index (χ1) is 9.67. The molecular weight excluding hydrogens is 254 g/mol. The summed E-state index contributed by atoms with van der Waals surface area (Å²) in [7, 11) is 1.59. The Labute approximate surface area is 115 Å². The van der Waals surface area contributed by atoms with Gasteiger partial charge in [-0.05, 0) is 42.0 Å². The van der Waals surface area contributed by atoms with Crippen LogP contribution in [0.25, 0.3) is 22.2 Å². The van der Waals surface area contributed by atoms with Gasteiger partial charge in [0.25, 0.3) is 0 Å². The Morgan fingerprint density at radius 1 is 1.05 bits per heavy atom. The number of ether oxygens (including phenoxy) is 1. The van der Waals surface area contributed by atoms with Gasteiger partial charge < -0.3 is 14.8 Å². The minimum Gasteiger partial charge on any atom is -0.508 e. The summed E-state index contributed by atoms with van der Waals surface area (Å²) >= 11 is 0. The molecule has 0 aliphatic rings. The molecule has 1 aromatic heterocycles. The smallest absolute Gasteiger partial charge is 0.190 e. The fourth-order valence-electron chi connectivity index (χ4n) is 2.16. The third-order valence-corrected chi connectivity index (χ3v) is 3.22. The highest BCUT2D eigenvalue weighted by Gasteiger charge is 2.05. The van der Waals surface area contributed by atoms with E-state index in [1.54, 1.807) is 55.6 Å². The number of aromatic amines is 1. The van der Waals surface area contributed by atoms with Crippen molar-refractivity contribution in [3.63, 3.8) is 0 Å². The number of H-pyrrole nitrogens is 1. The lowest BCUT2D eigenvalue weighted by atomic mass is 10.1. The number of phenols is 1. The molecule has 2 N–H and O–H groups in total. The SMILES string of the molecule is COc1ccc2c(=O)cc(-c3ccc(O)cc3)[nH]c2c1. The van der Waals surface area contributed by atoms with Crippen LogP contribution in [0.4, 0.5) is 0 Å². The number of pyridine rings is 1. The summed E-state index contributed by atoms with van der Waals surface area (Å²) in [5.74, 6) is 0.884. The van der Waals surface area contributed by atoms with Gasteiger partial charge in [0.1, 0.15) is 11.5 Å². The Morgan fingerprint density at radius 3 is 2.50 bits per heavy atom. The molecule has 3 aromatic rings. The summed E-state index contributed by atoms with van der Waals surface area (Å²) in [6.07, 6.45) is 0. The van der Waals surface area contributed by atoms with Gasteiger partial charge in [0.05, 0.1) is 12.6 Å². The lowest BCUT2D eigenvalue weighted by Crippen LogP contribution is -2.03. The molecule has 0 aliphatic heterocycles. The third kappa shape index (κ3) is 2.12. The van der Waals surface area contributed by atoms with Gasteiger partial charge in [-0.25, -0.2) is 0 Å². The Morgan fingerprint density at radius 2 is 1.80 bits per heavy atom. The maximum atomic E-state index is 12.1. The topological polar surface area (TPSA) is 62.3 Å². The zero-order valence-electron chi connectivity index (χ0n) is 10.9. The van der Waals surface area contributed by atoms with E-state index in [4.69, 9.17) is 4.74 Å². The third-order valence-electron chi connectivity index (χ3n) is 3.22. The molecule has 0 saturated carbocycles. The van der Waals surface area contributed by atoms with E-state index in [0.29, 0.717) is 16.8 Å². The molecule has 4 heteroatoms. The molecule has 1 heterocycles. The molecule has 0 fully saturated rings. The van der Waals surface area contributed by atoms with Gasteiger partial charge in [0.15, 0.2) is 5.43 Å². The van der Waals surface area contributed by atoms with Gasteiger partial charge in [-0.15, -0.1) is 0 Å². The highest BCUT2D eigenvalue weighted by Crippen LogP contribution is 2.22. The molecule has 0 spiro atoms. The Balaban J connectivity index is 2.22. The second kappa shape index (κ2) is 4.74. The lowest BCUT2D eigenvalue weighted by molar-refractivity contribution is 0.415. The number of fused-ring (bicyclic) bond motifs is 1. The van der Waals surface area contributed by atoms with Gasteiger partial charge in [-0.2, -0.15) is 0 Å². The number of benzene rings is 2. The molecule has 20 heavy (non-hydrogen) atoms. The minimum atomic E-state index is -0.0514. The van der Waals surface area contributed by atoms with Crippen LogP contribution in [0.5, 0.6) is 11.5 Å². The quantitative estimate of drug-likeness (QED) is 0.750. The van der Waals surface area contributed by atoms with Crippen LogP contribution in [0, 0.1) is 0 Å². The molecule has 0 unspecified atom stereocenters. The molecule has 3 rings (SSSR count). The van der Waals surface area contributed by atoms with E-state index < -0.39 is 0 Å². The van der Waals surface area contributed by atoms with Crippen LogP contribution in [0.1, 0.15) is 0 Å². The summed E-state index contributed by atoms with van der Waals surface area (Å²) in [4.78, 5) is 15.3. The van der Waals surface area contributed by atoms with E-state index in [-0.39, 0.29) is 11.2 Å². The van der Waals surface area contributed by atoms with Crippen molar-refractivity contribution < 1.29 is 9.84 Å². The second-order valence-corrected chi connectivity index (χ2v) is 4.51. The van der Waals surface area contributed by atoms with Crippen LogP contribution in [0.3, 0.4) is 0 Å². The summed E-state index contributed by atoms with van der Waals surface area (Å²) in [5.41, 5.74) is 2.21. The van der Waals surface area contributed by atoms with Crippen molar-refractivity contribution in [1.82, 2.24) is 4.98 Å². The molecule has 0 radical (unpaired) electrons. The highest BCUT2D eigenvalue weighted by atomic mass is 16.5. The maximum absolute atomic E-state index is 12.1. The average Bonchev–Trinajstić information content (AvgIpc) is 2.47. The molecule has 0 saturated heterocycles. The molecule has 2 aromatic carbocycles. The van der Waals surface area contributed by atoms with Gasteiger partial charge in [-0.1, -0.05) is 0 Å². The number of aromatic hydroxyl groups is 1. The minimum absolute atomic E-state index is 0.0514. The highest BCUT2D eigenvalue weighted by molar-refractivity contribution is 5.82. The number of phenolic OH excluding ortho intramolecular Hbond substituents is 1. The van der Waals surface area contributed by atoms with Gasteiger partial charge in [-0.3, -0.25) is 4.79 Å². The Bertz CT molecular complexity index is 819. The van der Waals surface area contributed by atoms with Gasteiger partial charge in [0, 0.05) is 23.2 Å². The monoisotopic (exact) mass is 267 g/mol. The molecule has 0 atom stereocenters.